The Hall–Kier alpha value is -1.61. The number of aryl methyl sites for hydroxylation is 2. The molecule has 0 spiro atoms. The molecule has 3 heteroatoms. The van der Waals surface area contributed by atoms with Crippen LogP contribution in [0.5, 0.6) is 0 Å². The number of benzene rings is 1. The summed E-state index contributed by atoms with van der Waals surface area (Å²) in [4.78, 5) is 0. The Morgan fingerprint density at radius 1 is 1.28 bits per heavy atom. The predicted molar refractivity (Wildman–Crippen MR) is 74.6 cm³/mol. The molecule has 0 fully saturated rings. The summed E-state index contributed by atoms with van der Waals surface area (Å²) in [6.07, 6.45) is 5.06. The summed E-state index contributed by atoms with van der Waals surface area (Å²) in [6.45, 7) is 5.10. The molecule has 1 atom stereocenters. The maximum atomic E-state index is 4.34. The van der Waals surface area contributed by atoms with E-state index in [2.05, 4.69) is 54.7 Å². The lowest BCUT2D eigenvalue weighted by atomic mass is 10.0. The summed E-state index contributed by atoms with van der Waals surface area (Å²) < 4.78 is 1.99. The summed E-state index contributed by atoms with van der Waals surface area (Å²) in [5.41, 5.74) is 3.89. The van der Waals surface area contributed by atoms with E-state index in [1.54, 1.807) is 0 Å². The molecule has 0 saturated heterocycles. The Labute approximate surface area is 109 Å². The zero-order valence-corrected chi connectivity index (χ0v) is 11.4. The molecule has 0 amide bonds. The van der Waals surface area contributed by atoms with Gasteiger partial charge in [-0.25, -0.2) is 0 Å². The van der Waals surface area contributed by atoms with Crippen LogP contribution in [-0.2, 0) is 13.0 Å². The third-order valence-electron chi connectivity index (χ3n) is 3.27. The number of hydrogen-bond donors (Lipinski definition) is 1. The van der Waals surface area contributed by atoms with E-state index >= 15 is 0 Å². The molecule has 3 nitrogen and oxygen atoms in total. The first-order chi connectivity index (χ1) is 8.72. The van der Waals surface area contributed by atoms with Crippen LogP contribution in [0.1, 0.15) is 29.7 Å². The van der Waals surface area contributed by atoms with Gasteiger partial charge in [-0.15, -0.1) is 0 Å². The number of nitrogens with zero attached hydrogens (tertiary/aromatic N) is 2. The number of likely N-dealkylation sites (N-methyl/N-ethyl adjacent to an activating group) is 1. The van der Waals surface area contributed by atoms with E-state index in [4.69, 9.17) is 0 Å². The first-order valence-corrected chi connectivity index (χ1v) is 6.48. The van der Waals surface area contributed by atoms with Crippen LogP contribution in [0.2, 0.25) is 0 Å². The first kappa shape index (κ1) is 12.8. The maximum Gasteiger partial charge on any atom is 0.0604 e. The zero-order chi connectivity index (χ0) is 13.0. The lowest BCUT2D eigenvalue weighted by Crippen LogP contribution is -2.22. The van der Waals surface area contributed by atoms with Crippen molar-refractivity contribution in [3.05, 3.63) is 53.3 Å². The van der Waals surface area contributed by atoms with E-state index in [1.165, 1.54) is 16.7 Å². The minimum atomic E-state index is 0.301. The number of hydrogen-bond acceptors (Lipinski definition) is 2. The topological polar surface area (TPSA) is 29.9 Å². The van der Waals surface area contributed by atoms with Gasteiger partial charge in [0.05, 0.1) is 18.8 Å². The van der Waals surface area contributed by atoms with Crippen LogP contribution in [0, 0.1) is 6.92 Å². The van der Waals surface area contributed by atoms with Crippen LogP contribution in [0.15, 0.2) is 36.7 Å². The Morgan fingerprint density at radius 2 is 2.00 bits per heavy atom. The summed E-state index contributed by atoms with van der Waals surface area (Å²) >= 11 is 0. The molecule has 96 valence electrons. The van der Waals surface area contributed by atoms with Gasteiger partial charge in [-0.05, 0) is 37.1 Å². The third-order valence-corrected chi connectivity index (χ3v) is 3.27. The SMILES string of the molecule is CCc1ccc(C(Cn2cc(C)cn2)NC)cc1. The molecular formula is C15H21N3. The molecular weight excluding hydrogens is 222 g/mol. The molecule has 0 aliphatic rings. The average Bonchev–Trinajstić information content (AvgIpc) is 2.82. The van der Waals surface area contributed by atoms with Crippen molar-refractivity contribution in [3.63, 3.8) is 0 Å². The second kappa shape index (κ2) is 5.83. The van der Waals surface area contributed by atoms with Crippen molar-refractivity contribution in [1.82, 2.24) is 15.1 Å². The number of nitrogens with one attached hydrogen (secondary N) is 1. The lowest BCUT2D eigenvalue weighted by Gasteiger charge is -2.17. The minimum Gasteiger partial charge on any atom is -0.311 e. The smallest absolute Gasteiger partial charge is 0.0604 e. The van der Waals surface area contributed by atoms with Crippen LogP contribution >= 0.6 is 0 Å². The van der Waals surface area contributed by atoms with E-state index in [-0.39, 0.29) is 0 Å². The van der Waals surface area contributed by atoms with Crippen LogP contribution in [0.4, 0.5) is 0 Å². The van der Waals surface area contributed by atoms with Crippen molar-refractivity contribution in [2.24, 2.45) is 0 Å². The fraction of sp³-hybridized carbons (Fsp3) is 0.400. The molecule has 0 radical (unpaired) electrons. The van der Waals surface area contributed by atoms with Gasteiger partial charge < -0.3 is 5.32 Å². The number of aromatic nitrogens is 2. The molecule has 1 aromatic carbocycles. The third kappa shape index (κ3) is 2.99. The monoisotopic (exact) mass is 243 g/mol. The minimum absolute atomic E-state index is 0.301. The fourth-order valence-electron chi connectivity index (χ4n) is 2.10. The summed E-state index contributed by atoms with van der Waals surface area (Å²) in [7, 11) is 1.99. The van der Waals surface area contributed by atoms with E-state index in [9.17, 15) is 0 Å². The van der Waals surface area contributed by atoms with Crippen LogP contribution < -0.4 is 5.32 Å². The normalized spacial score (nSPS) is 12.6. The molecule has 0 bridgehead atoms. The summed E-state index contributed by atoms with van der Waals surface area (Å²) in [5.74, 6) is 0. The van der Waals surface area contributed by atoms with Gasteiger partial charge in [0.25, 0.3) is 0 Å². The highest BCUT2D eigenvalue weighted by Crippen LogP contribution is 2.16. The van der Waals surface area contributed by atoms with Gasteiger partial charge in [0.2, 0.25) is 0 Å². The van der Waals surface area contributed by atoms with E-state index in [0.717, 1.165) is 13.0 Å². The lowest BCUT2D eigenvalue weighted by molar-refractivity contribution is 0.468. The Morgan fingerprint density at radius 3 is 2.50 bits per heavy atom. The summed E-state index contributed by atoms with van der Waals surface area (Å²) in [6, 6.07) is 9.12. The van der Waals surface area contributed by atoms with Gasteiger partial charge in [-0.2, -0.15) is 5.10 Å². The van der Waals surface area contributed by atoms with Gasteiger partial charge >= 0.3 is 0 Å². The second-order valence-electron chi connectivity index (χ2n) is 4.68. The zero-order valence-electron chi connectivity index (χ0n) is 11.4. The molecule has 2 aromatic rings. The molecule has 18 heavy (non-hydrogen) atoms. The average molecular weight is 243 g/mol. The quantitative estimate of drug-likeness (QED) is 0.875. The van der Waals surface area contributed by atoms with Gasteiger partial charge in [-0.3, -0.25) is 4.68 Å². The second-order valence-corrected chi connectivity index (χ2v) is 4.68. The van der Waals surface area contributed by atoms with Gasteiger partial charge in [0, 0.05) is 6.20 Å². The maximum absolute atomic E-state index is 4.34. The van der Waals surface area contributed by atoms with Crippen LogP contribution in [0.3, 0.4) is 0 Å². The fourth-order valence-corrected chi connectivity index (χ4v) is 2.10. The Balaban J connectivity index is 2.12. The van der Waals surface area contributed by atoms with Crippen molar-refractivity contribution in [2.45, 2.75) is 32.9 Å². The van der Waals surface area contributed by atoms with Crippen molar-refractivity contribution in [1.29, 1.82) is 0 Å². The molecule has 1 N–H and O–H groups in total. The van der Waals surface area contributed by atoms with Gasteiger partial charge in [-0.1, -0.05) is 31.2 Å². The molecule has 0 aliphatic carbocycles. The first-order valence-electron chi connectivity index (χ1n) is 6.48. The highest BCUT2D eigenvalue weighted by Gasteiger charge is 2.10. The van der Waals surface area contributed by atoms with Crippen LogP contribution in [-0.4, -0.2) is 16.8 Å². The molecule has 1 unspecified atom stereocenters. The molecule has 2 rings (SSSR count). The van der Waals surface area contributed by atoms with Crippen molar-refractivity contribution >= 4 is 0 Å². The van der Waals surface area contributed by atoms with Gasteiger partial charge in [0.15, 0.2) is 0 Å². The molecule has 0 saturated carbocycles. The largest absolute Gasteiger partial charge is 0.311 e. The standard InChI is InChI=1S/C15H21N3/c1-4-13-5-7-14(8-6-13)15(16-3)11-18-10-12(2)9-17-18/h5-10,15-16H,4,11H2,1-3H3. The van der Waals surface area contributed by atoms with E-state index in [1.807, 2.05) is 17.9 Å². The highest BCUT2D eigenvalue weighted by atomic mass is 15.3. The van der Waals surface area contributed by atoms with Crippen LogP contribution in [0.25, 0.3) is 0 Å². The van der Waals surface area contributed by atoms with Crippen molar-refractivity contribution in [3.8, 4) is 0 Å². The van der Waals surface area contributed by atoms with Crippen molar-refractivity contribution < 1.29 is 0 Å². The molecule has 1 aromatic heterocycles. The van der Waals surface area contributed by atoms with Gasteiger partial charge in [0.1, 0.15) is 0 Å². The highest BCUT2D eigenvalue weighted by molar-refractivity contribution is 5.25. The Bertz CT molecular complexity index is 485. The molecule has 1 heterocycles. The van der Waals surface area contributed by atoms with E-state index < -0.39 is 0 Å². The Kier molecular flexibility index (Phi) is 4.15. The van der Waals surface area contributed by atoms with Crippen molar-refractivity contribution in [2.75, 3.05) is 7.05 Å². The summed E-state index contributed by atoms with van der Waals surface area (Å²) in [5, 5.41) is 7.69. The molecule has 0 aliphatic heterocycles. The predicted octanol–water partition coefficient (Wildman–Crippen LogP) is 2.71. The van der Waals surface area contributed by atoms with E-state index in [0.29, 0.717) is 6.04 Å². The number of rotatable bonds is 5.